The van der Waals surface area contributed by atoms with Gasteiger partial charge in [-0.1, -0.05) is 154 Å². The summed E-state index contributed by atoms with van der Waals surface area (Å²) in [7, 11) is 0. The van der Waals surface area contributed by atoms with Crippen molar-refractivity contribution in [1.82, 2.24) is 0 Å². The average molecular weight is 897 g/mol. The monoisotopic (exact) mass is 894 g/mol. The molecule has 0 nitrogen and oxygen atoms in total. The summed E-state index contributed by atoms with van der Waals surface area (Å²) < 4.78 is 0. The standard InChI is InChI=1S/2C25H23.C3H7.CH3.2ClH.Si.Zr/c2*1-2-7-18(6-1)14-19-15-22-10-5-11-24(25(22)16-19)23-13-12-20-8-3-4-9-21(20)17-23;1-3-2;;;;;/h2*3-5,8-13,15-18H,1-2,6-7,14H2;1,3H2,2H3;1H3;2*1H;;/q4*-1;;;;. The summed E-state index contributed by atoms with van der Waals surface area (Å²) in [6.07, 6.45) is 14.9. The predicted molar refractivity (Wildman–Crippen MR) is 259 cm³/mol. The maximum Gasteiger partial charge on any atom is -0.0178 e. The summed E-state index contributed by atoms with van der Waals surface area (Å²) >= 11 is 1.36. The van der Waals surface area contributed by atoms with Crippen LogP contribution in [0.3, 0.4) is 0 Å². The Labute approximate surface area is 378 Å². The minimum atomic E-state index is 0. The van der Waals surface area contributed by atoms with E-state index in [9.17, 15) is 0 Å². The van der Waals surface area contributed by atoms with E-state index in [2.05, 4.69) is 159 Å². The van der Waals surface area contributed by atoms with Crippen molar-refractivity contribution in [3.05, 3.63) is 171 Å². The molecule has 2 fully saturated rings. The zero-order valence-corrected chi connectivity index (χ0v) is 39.4. The van der Waals surface area contributed by atoms with Gasteiger partial charge in [0.05, 0.1) is 0 Å². The molecule has 0 heterocycles. The fourth-order valence-corrected chi connectivity index (χ4v) is 9.14. The summed E-state index contributed by atoms with van der Waals surface area (Å²) in [5, 5.41) is 10.8. The number of hydrogen-bond donors (Lipinski definition) is 0. The number of halogens is 2. The first-order valence-corrected chi connectivity index (χ1v) is 24.7. The first-order chi connectivity index (χ1) is 27.1. The van der Waals surface area contributed by atoms with Crippen LogP contribution in [0.2, 0.25) is 0 Å². The number of fused-ring (bicyclic) bond motifs is 4. The van der Waals surface area contributed by atoms with Crippen LogP contribution >= 0.6 is 24.8 Å². The summed E-state index contributed by atoms with van der Waals surface area (Å²) in [5.41, 5.74) is 8.41. The Morgan fingerprint density at radius 1 is 0.517 bits per heavy atom. The Morgan fingerprint density at radius 2 is 0.879 bits per heavy atom. The van der Waals surface area contributed by atoms with E-state index < -0.39 is 0 Å². The van der Waals surface area contributed by atoms with Crippen LogP contribution in [0.4, 0.5) is 0 Å². The molecule has 0 bridgehead atoms. The van der Waals surface area contributed by atoms with E-state index in [1.807, 2.05) is 6.92 Å². The first kappa shape index (κ1) is 47.4. The molecule has 0 spiro atoms. The summed E-state index contributed by atoms with van der Waals surface area (Å²) in [6.45, 7) is 8.56. The van der Waals surface area contributed by atoms with Crippen LogP contribution in [-0.4, -0.2) is 6.88 Å². The van der Waals surface area contributed by atoms with Crippen molar-refractivity contribution in [1.29, 1.82) is 0 Å². The van der Waals surface area contributed by atoms with Crippen molar-refractivity contribution in [2.24, 2.45) is 11.8 Å². The maximum atomic E-state index is 3.49. The zero-order valence-electron chi connectivity index (χ0n) is 34.3. The average Bonchev–Trinajstić information content (AvgIpc) is 4.07. The Kier molecular flexibility index (Phi) is 19.2. The Balaban J connectivity index is 0.000000221. The van der Waals surface area contributed by atoms with Gasteiger partial charge in [0, 0.05) is 0 Å². The number of hydrogen-bond acceptors (Lipinski definition) is 0. The molecule has 300 valence electrons. The first-order valence-electron chi connectivity index (χ1n) is 20.5. The summed E-state index contributed by atoms with van der Waals surface area (Å²) in [4.78, 5) is 0. The van der Waals surface area contributed by atoms with Crippen LogP contribution in [0.5, 0.6) is 0 Å². The van der Waals surface area contributed by atoms with Gasteiger partial charge < -0.3 is 14.4 Å². The zero-order chi connectivity index (χ0) is 38.0. The molecule has 2 radical (unpaired) electrons. The van der Waals surface area contributed by atoms with Crippen molar-refractivity contribution >= 4 is 74.8 Å². The number of rotatable bonds is 6. The van der Waals surface area contributed by atoms with E-state index in [0.29, 0.717) is 0 Å². The van der Waals surface area contributed by atoms with E-state index in [0.717, 1.165) is 18.3 Å². The van der Waals surface area contributed by atoms with Gasteiger partial charge in [-0.25, -0.2) is 0 Å². The molecule has 4 heteroatoms. The fraction of sp³-hybridized carbons (Fsp3) is 0.259. The minimum absolute atomic E-state index is 0. The van der Waals surface area contributed by atoms with Gasteiger partial charge >= 0.3 is 30.2 Å². The molecule has 0 unspecified atom stereocenters. The van der Waals surface area contributed by atoms with Gasteiger partial charge in [0.2, 0.25) is 0 Å². The largest absolute Gasteiger partial charge is 0.164 e. The van der Waals surface area contributed by atoms with Gasteiger partial charge in [0.1, 0.15) is 0 Å². The van der Waals surface area contributed by atoms with Gasteiger partial charge in [0.15, 0.2) is 0 Å². The quantitative estimate of drug-likeness (QED) is 0.115. The van der Waals surface area contributed by atoms with Gasteiger partial charge in [-0.05, 0) is 69.5 Å². The molecule has 0 aliphatic heterocycles. The van der Waals surface area contributed by atoms with E-state index in [1.54, 1.807) is 0 Å². The van der Waals surface area contributed by atoms with Crippen LogP contribution in [0.25, 0.3) is 65.3 Å². The molecular formula is C54H58Cl2SiZr-4. The molecule has 0 saturated heterocycles. The molecule has 58 heavy (non-hydrogen) atoms. The van der Waals surface area contributed by atoms with E-state index in [4.69, 9.17) is 0 Å². The van der Waals surface area contributed by atoms with Crippen molar-refractivity contribution in [2.75, 3.05) is 0 Å². The molecule has 0 amide bonds. The molecule has 0 N–H and O–H groups in total. The van der Waals surface area contributed by atoms with Crippen molar-refractivity contribution in [2.45, 2.75) is 77.6 Å². The van der Waals surface area contributed by atoms with E-state index in [1.165, 1.54) is 164 Å². The maximum absolute atomic E-state index is 3.49. The normalized spacial score (nSPS) is 13.6. The molecular weight excluding hydrogens is 839 g/mol. The van der Waals surface area contributed by atoms with Crippen LogP contribution in [0.1, 0.15) is 75.8 Å². The van der Waals surface area contributed by atoms with Crippen molar-refractivity contribution in [3.8, 4) is 22.3 Å². The van der Waals surface area contributed by atoms with Crippen LogP contribution < -0.4 is 0 Å². The molecule has 2 aliphatic carbocycles. The third-order valence-electron chi connectivity index (χ3n) is 11.7. The van der Waals surface area contributed by atoms with Crippen molar-refractivity contribution in [3.63, 3.8) is 0 Å². The van der Waals surface area contributed by atoms with Crippen LogP contribution in [0.15, 0.2) is 146 Å². The summed E-state index contributed by atoms with van der Waals surface area (Å²) in [6, 6.07) is 54.1. The molecule has 0 atom stereocenters. The number of benzene rings is 6. The molecule has 0 aromatic heterocycles. The smallest absolute Gasteiger partial charge is 0.0178 e. The second kappa shape index (κ2) is 23.5. The summed E-state index contributed by atoms with van der Waals surface area (Å²) in [5.74, 6) is 1.81. The van der Waals surface area contributed by atoms with Gasteiger partial charge in [0.25, 0.3) is 0 Å². The van der Waals surface area contributed by atoms with Gasteiger partial charge in [-0.3, -0.25) is 0 Å². The topological polar surface area (TPSA) is 0 Å². The molecule has 2 saturated carbocycles. The fourth-order valence-electron chi connectivity index (χ4n) is 9.14. The van der Waals surface area contributed by atoms with Crippen molar-refractivity contribution < 1.29 is 23.3 Å². The Bertz CT molecular complexity index is 2290. The van der Waals surface area contributed by atoms with Crippen LogP contribution in [-0.2, 0) is 36.2 Å². The van der Waals surface area contributed by atoms with Gasteiger partial charge in [-0.2, -0.15) is 18.6 Å². The van der Waals surface area contributed by atoms with Gasteiger partial charge in [-0.15, -0.1) is 93.9 Å². The molecule has 8 aromatic carbocycles. The molecule has 8 aromatic rings. The van der Waals surface area contributed by atoms with E-state index in [-0.39, 0.29) is 32.2 Å². The predicted octanol–water partition coefficient (Wildman–Crippen LogP) is 16.4. The third-order valence-corrected chi connectivity index (χ3v) is 11.7. The second-order valence-electron chi connectivity index (χ2n) is 15.7. The second-order valence-corrected chi connectivity index (χ2v) is 15.7. The van der Waals surface area contributed by atoms with E-state index >= 15 is 0 Å². The molecule has 2 aliphatic rings. The Hall–Kier alpha value is -3.26. The molecule has 10 rings (SSSR count). The minimum Gasteiger partial charge on any atom is -0.164 e. The SMILES string of the molecule is Cl.Cl.[CH2-]CC.[CH3-].[Si]=[Zr].c1ccc2cc(-c3cccc4[cH-]c(CC5CCCC5)cc34)ccc2c1.c1ccc2cc(-c3cccc4[cH-]c(CC5CCCC5)cc34)ccc2c1. The Morgan fingerprint density at radius 3 is 1.26 bits per heavy atom. The van der Waals surface area contributed by atoms with Crippen LogP contribution in [0, 0.1) is 26.2 Å². The third kappa shape index (κ3) is 11.5.